The Morgan fingerprint density at radius 1 is 0.691 bits per heavy atom. The van der Waals surface area contributed by atoms with Gasteiger partial charge in [-0.05, 0) is 175 Å². The van der Waals surface area contributed by atoms with Gasteiger partial charge in [-0.3, -0.25) is 24.1 Å². The lowest BCUT2D eigenvalue weighted by Crippen LogP contribution is -2.44. The van der Waals surface area contributed by atoms with Crippen LogP contribution in [0.2, 0.25) is 0 Å². The van der Waals surface area contributed by atoms with Gasteiger partial charge in [0.05, 0.1) is 13.2 Å². The van der Waals surface area contributed by atoms with Crippen LogP contribution in [0.5, 0.6) is 0 Å². The number of anilines is 2. The van der Waals surface area contributed by atoms with Crippen LogP contribution in [0, 0.1) is 41.5 Å². The standard InChI is InChI=1S/C35H46N4O3.C31H38N6O2/c1-5-39(30-9-7-6-8-10-30)33-21-29(28-13-11-27(12-14-28)23-38-15-17-42-18-16-38)20-31(26(33)4)34(40)36-22-32-24(2)19-25(3)37-35(32)41;1-19(2)37-18-21(4)29-25(30(38)33-17-26-20(3)13-22(5)34-31(26)39)14-24(15-27(29)37)23-7-8-28(32-16-23)36-11-9-35(6)10-12-36/h11-14,19-21,30H,5-10,15-18,22-23H2,1-4H3,(H,36,40)(H,37,41);7-8,13-16,18-19H,9-12,17H2,1-6H3,(H,33,38)(H,34,39). The molecular weight excluding hydrogens is 1010 g/mol. The zero-order chi connectivity index (χ0) is 57.5. The maximum absolute atomic E-state index is 13.8. The summed E-state index contributed by atoms with van der Waals surface area (Å²) in [4.78, 5) is 72.6. The number of fused-ring (bicyclic) bond motifs is 1. The second-order valence-corrected chi connectivity index (χ2v) is 23.0. The third-order valence-corrected chi connectivity index (χ3v) is 16.8. The van der Waals surface area contributed by atoms with Gasteiger partial charge in [0, 0.05) is 146 Å². The van der Waals surface area contributed by atoms with E-state index in [0.717, 1.165) is 144 Å². The lowest BCUT2D eigenvalue weighted by Gasteiger charge is -2.37. The van der Waals surface area contributed by atoms with Crippen LogP contribution in [0.15, 0.2) is 94.8 Å². The molecule has 4 aromatic heterocycles. The van der Waals surface area contributed by atoms with Gasteiger partial charge in [0.15, 0.2) is 0 Å². The van der Waals surface area contributed by atoms with E-state index in [9.17, 15) is 19.2 Å². The lowest BCUT2D eigenvalue weighted by atomic mass is 9.91. The summed E-state index contributed by atoms with van der Waals surface area (Å²) in [5, 5.41) is 7.01. The number of amides is 2. The van der Waals surface area contributed by atoms with Crippen LogP contribution in [-0.2, 0) is 24.4 Å². The predicted octanol–water partition coefficient (Wildman–Crippen LogP) is 10.5. The van der Waals surface area contributed by atoms with Gasteiger partial charge in [-0.25, -0.2) is 4.98 Å². The minimum atomic E-state index is -0.201. The molecule has 15 heteroatoms. The Morgan fingerprint density at radius 2 is 1.27 bits per heavy atom. The minimum Gasteiger partial charge on any atom is -0.379 e. The highest BCUT2D eigenvalue weighted by molar-refractivity contribution is 6.09. The van der Waals surface area contributed by atoms with Crippen molar-refractivity contribution in [2.45, 2.75) is 126 Å². The zero-order valence-corrected chi connectivity index (χ0v) is 49.5. The van der Waals surface area contributed by atoms with Gasteiger partial charge in [0.25, 0.3) is 22.9 Å². The summed E-state index contributed by atoms with van der Waals surface area (Å²) in [6.45, 7) is 27.8. The molecule has 6 heterocycles. The Labute approximate surface area is 478 Å². The number of carbonyl (C=O) groups is 2. The van der Waals surface area contributed by atoms with Crippen molar-refractivity contribution < 1.29 is 14.3 Å². The lowest BCUT2D eigenvalue weighted by molar-refractivity contribution is 0.0342. The summed E-state index contributed by atoms with van der Waals surface area (Å²) in [5.74, 6) is 0.623. The van der Waals surface area contributed by atoms with Crippen LogP contribution < -0.4 is 31.6 Å². The number of aromatic amines is 2. The number of carbonyl (C=O) groups excluding carboxylic acids is 2. The number of ether oxygens (including phenoxy) is 1. The monoisotopic (exact) mass is 1100 g/mol. The fraction of sp³-hybridized carbons (Fsp3) is 0.439. The summed E-state index contributed by atoms with van der Waals surface area (Å²) >= 11 is 0. The molecule has 3 aliphatic rings. The maximum atomic E-state index is 13.8. The van der Waals surface area contributed by atoms with Crippen molar-refractivity contribution in [3.8, 4) is 22.3 Å². The topological polar surface area (TPSA) is 164 Å². The zero-order valence-electron chi connectivity index (χ0n) is 49.5. The minimum absolute atomic E-state index is 0.148. The number of H-pyrrole nitrogens is 2. The number of nitrogens with zero attached hydrogens (tertiary/aromatic N) is 6. The third-order valence-electron chi connectivity index (χ3n) is 16.8. The van der Waals surface area contributed by atoms with Crippen molar-refractivity contribution in [3.63, 3.8) is 0 Å². The SMILES string of the molecule is CCN(c1cc(-c2ccc(CN3CCOCC3)cc2)cc(C(=O)NCc2c(C)cc(C)[nH]c2=O)c1C)C1CCCCC1.Cc1cc(C)c(CNC(=O)c2cc(-c3ccc(N4CCN(C)CC4)nc3)cc3c2c(C)cn3C(C)C)c(=O)[nH]1. The van der Waals surface area contributed by atoms with Crippen LogP contribution in [0.1, 0.15) is 130 Å². The van der Waals surface area contributed by atoms with Crippen molar-refractivity contribution in [3.05, 3.63) is 167 Å². The van der Waals surface area contributed by atoms with Crippen molar-refractivity contribution in [2.24, 2.45) is 0 Å². The Hall–Kier alpha value is -7.33. The molecule has 0 unspecified atom stereocenters. The van der Waals surface area contributed by atoms with E-state index in [0.29, 0.717) is 28.3 Å². The van der Waals surface area contributed by atoms with E-state index in [4.69, 9.17) is 9.72 Å². The number of pyridine rings is 3. The largest absolute Gasteiger partial charge is 0.379 e. The van der Waals surface area contributed by atoms with E-state index < -0.39 is 0 Å². The van der Waals surface area contributed by atoms with Crippen LogP contribution in [0.3, 0.4) is 0 Å². The van der Waals surface area contributed by atoms with Crippen molar-refractivity contribution in [2.75, 3.05) is 75.9 Å². The molecule has 0 spiro atoms. The number of hydrogen-bond donors (Lipinski definition) is 4. The van der Waals surface area contributed by atoms with Crippen LogP contribution >= 0.6 is 0 Å². The Bertz CT molecular complexity index is 3470. The molecule has 3 aromatic carbocycles. The number of aryl methyl sites for hydroxylation is 5. The fourth-order valence-electron chi connectivity index (χ4n) is 12.1. The fourth-order valence-corrected chi connectivity index (χ4v) is 12.1. The molecular formula is C66H84N10O5. The highest BCUT2D eigenvalue weighted by Gasteiger charge is 2.26. The van der Waals surface area contributed by atoms with Gasteiger partial charge < -0.3 is 44.6 Å². The summed E-state index contributed by atoms with van der Waals surface area (Å²) in [7, 11) is 2.15. The van der Waals surface area contributed by atoms with Crippen molar-refractivity contribution >= 4 is 34.2 Å². The van der Waals surface area contributed by atoms with Gasteiger partial charge in [0.1, 0.15) is 5.82 Å². The molecule has 428 valence electrons. The molecule has 0 bridgehead atoms. The number of aromatic nitrogens is 4. The van der Waals surface area contributed by atoms with Gasteiger partial charge in [-0.2, -0.15) is 0 Å². The summed E-state index contributed by atoms with van der Waals surface area (Å²) in [6.07, 6.45) is 10.2. The normalized spacial score (nSPS) is 15.4. The van der Waals surface area contributed by atoms with E-state index in [2.05, 4.69) is 134 Å². The highest BCUT2D eigenvalue weighted by Crippen LogP contribution is 2.37. The molecule has 2 aliphatic heterocycles. The molecule has 15 nitrogen and oxygen atoms in total. The summed E-state index contributed by atoms with van der Waals surface area (Å²) in [5.41, 5.74) is 15.0. The number of piperazine rings is 1. The highest BCUT2D eigenvalue weighted by atomic mass is 16.5. The molecule has 2 amide bonds. The van der Waals surface area contributed by atoms with Gasteiger partial charge in [0.2, 0.25) is 0 Å². The number of hydrogen-bond acceptors (Lipinski definition) is 10. The molecule has 1 aliphatic carbocycles. The van der Waals surface area contributed by atoms with Crippen LogP contribution in [0.4, 0.5) is 11.5 Å². The first-order valence-corrected chi connectivity index (χ1v) is 29.3. The van der Waals surface area contributed by atoms with Crippen molar-refractivity contribution in [1.82, 2.24) is 40.0 Å². The molecule has 0 atom stereocenters. The second-order valence-electron chi connectivity index (χ2n) is 23.0. The number of benzene rings is 3. The Kier molecular flexibility index (Phi) is 18.8. The first-order chi connectivity index (χ1) is 39.0. The van der Waals surface area contributed by atoms with Gasteiger partial charge >= 0.3 is 0 Å². The van der Waals surface area contributed by atoms with E-state index in [1.165, 1.54) is 37.7 Å². The van der Waals surface area contributed by atoms with E-state index in [1.54, 1.807) is 0 Å². The molecule has 1 saturated carbocycles. The number of rotatable bonds is 15. The first kappa shape index (κ1) is 58.3. The maximum Gasteiger partial charge on any atom is 0.253 e. The predicted molar refractivity (Wildman–Crippen MR) is 328 cm³/mol. The van der Waals surface area contributed by atoms with Crippen molar-refractivity contribution in [1.29, 1.82) is 0 Å². The van der Waals surface area contributed by atoms with E-state index in [-0.39, 0.29) is 42.1 Å². The Morgan fingerprint density at radius 3 is 1.84 bits per heavy atom. The molecule has 7 aromatic rings. The average Bonchev–Trinajstić information content (AvgIpc) is 3.83. The van der Waals surface area contributed by atoms with Crippen LogP contribution in [-0.4, -0.2) is 113 Å². The first-order valence-electron chi connectivity index (χ1n) is 29.3. The summed E-state index contributed by atoms with van der Waals surface area (Å²) in [6, 6.07) is 25.9. The molecule has 10 rings (SSSR count). The van der Waals surface area contributed by atoms with Gasteiger partial charge in [-0.15, -0.1) is 0 Å². The molecule has 2 saturated heterocycles. The molecule has 3 fully saturated rings. The second kappa shape index (κ2) is 26.1. The Balaban J connectivity index is 0.000000196. The summed E-state index contributed by atoms with van der Waals surface area (Å²) < 4.78 is 7.72. The van der Waals surface area contributed by atoms with E-state index >= 15 is 0 Å². The molecule has 0 radical (unpaired) electrons. The number of likely N-dealkylation sites (N-methyl/N-ethyl adjacent to an activating group) is 1. The van der Waals surface area contributed by atoms with E-state index in [1.807, 2.05) is 65.1 Å². The number of nitrogens with one attached hydrogen (secondary N) is 4. The van der Waals surface area contributed by atoms with Gasteiger partial charge in [-0.1, -0.05) is 43.5 Å². The quantitative estimate of drug-likeness (QED) is 0.0777. The average molecular weight is 1100 g/mol. The smallest absolute Gasteiger partial charge is 0.253 e. The number of morpholine rings is 1. The third kappa shape index (κ3) is 13.7. The van der Waals surface area contributed by atoms with Crippen LogP contribution in [0.25, 0.3) is 33.2 Å². The molecule has 4 N–H and O–H groups in total. The molecule has 81 heavy (non-hydrogen) atoms.